The summed E-state index contributed by atoms with van der Waals surface area (Å²) in [4.78, 5) is 13.3. The van der Waals surface area contributed by atoms with E-state index in [0.29, 0.717) is 15.1 Å². The van der Waals surface area contributed by atoms with Crippen LogP contribution in [0.15, 0.2) is 100 Å². The molecule has 0 saturated carbocycles. The molecule has 0 aliphatic carbocycles. The van der Waals surface area contributed by atoms with Crippen LogP contribution in [0.5, 0.6) is 0 Å². The minimum Gasteiger partial charge on any atom is -0.319 e. The van der Waals surface area contributed by atoms with Crippen LogP contribution >= 0.6 is 27.5 Å². The van der Waals surface area contributed by atoms with Gasteiger partial charge in [0.2, 0.25) is 0 Å². The monoisotopic (exact) mass is 586 g/mol. The number of amides is 1. The zero-order chi connectivity index (χ0) is 25.9. The van der Waals surface area contributed by atoms with Crippen LogP contribution in [0.1, 0.15) is 21.5 Å². The number of nitrogens with one attached hydrogen (secondary N) is 1. The molecule has 4 aromatic carbocycles. The number of aryl methyl sites for hydroxylation is 1. The maximum atomic E-state index is 14.4. The average Bonchev–Trinajstić information content (AvgIpc) is 2.85. The molecule has 1 N–H and O–H groups in total. The van der Waals surface area contributed by atoms with Crippen LogP contribution in [0, 0.1) is 12.7 Å². The van der Waals surface area contributed by atoms with Crippen LogP contribution in [0.3, 0.4) is 0 Å². The Kier molecular flexibility index (Phi) is 7.78. The molecule has 0 spiro atoms. The lowest BCUT2D eigenvalue weighted by Crippen LogP contribution is -2.32. The molecule has 0 atom stereocenters. The van der Waals surface area contributed by atoms with Crippen molar-refractivity contribution in [3.63, 3.8) is 0 Å². The molecule has 0 unspecified atom stereocenters. The summed E-state index contributed by atoms with van der Waals surface area (Å²) >= 11 is 9.20. The largest absolute Gasteiger partial charge is 0.319 e. The third-order valence-corrected chi connectivity index (χ3v) is 7.96. The summed E-state index contributed by atoms with van der Waals surface area (Å²) in [6.45, 7) is 1.81. The Labute approximate surface area is 222 Å². The predicted octanol–water partition coefficient (Wildman–Crippen LogP) is 7.20. The number of carbonyl (C=O) groups is 1. The summed E-state index contributed by atoms with van der Waals surface area (Å²) in [5, 5.41) is 3.06. The summed E-state index contributed by atoms with van der Waals surface area (Å²) in [6.07, 6.45) is 0. The number of benzene rings is 4. The number of rotatable bonds is 7. The van der Waals surface area contributed by atoms with Gasteiger partial charge in [-0.05, 0) is 67.1 Å². The molecule has 4 aromatic rings. The van der Waals surface area contributed by atoms with Crippen molar-refractivity contribution in [3.8, 4) is 0 Å². The van der Waals surface area contributed by atoms with Gasteiger partial charge in [0.25, 0.3) is 15.9 Å². The molecule has 0 heterocycles. The van der Waals surface area contributed by atoms with Gasteiger partial charge in [-0.3, -0.25) is 9.10 Å². The van der Waals surface area contributed by atoms with Crippen LogP contribution in [0.2, 0.25) is 5.02 Å². The van der Waals surface area contributed by atoms with Gasteiger partial charge < -0.3 is 5.32 Å². The molecule has 0 bridgehead atoms. The number of nitrogens with zero attached hydrogens (tertiary/aromatic N) is 1. The molecule has 5 nitrogen and oxygen atoms in total. The highest BCUT2D eigenvalue weighted by Gasteiger charge is 2.29. The van der Waals surface area contributed by atoms with E-state index in [2.05, 4.69) is 21.2 Å². The molecular weight excluding hydrogens is 567 g/mol. The highest BCUT2D eigenvalue weighted by atomic mass is 79.9. The first-order valence-electron chi connectivity index (χ1n) is 10.8. The molecule has 0 fully saturated rings. The van der Waals surface area contributed by atoms with Gasteiger partial charge in [0, 0.05) is 9.50 Å². The second-order valence-electron chi connectivity index (χ2n) is 8.05. The molecule has 36 heavy (non-hydrogen) atoms. The first kappa shape index (κ1) is 25.9. The molecule has 4 rings (SSSR count). The van der Waals surface area contributed by atoms with E-state index in [9.17, 15) is 17.6 Å². The SMILES string of the molecule is Cc1ccc(S(=O)(=O)N(Cc2ccc(Cl)cc2)c2ccccc2C(=O)Nc2ccc(Br)cc2F)cc1. The zero-order valence-corrected chi connectivity index (χ0v) is 22.2. The molecule has 184 valence electrons. The van der Waals surface area contributed by atoms with Crippen LogP contribution < -0.4 is 9.62 Å². The third-order valence-electron chi connectivity index (χ3n) is 5.45. The quantitative estimate of drug-likeness (QED) is 0.249. The number of sulfonamides is 1. The molecule has 1 amide bonds. The summed E-state index contributed by atoms with van der Waals surface area (Å²) in [5.41, 5.74) is 1.79. The molecule has 0 aromatic heterocycles. The smallest absolute Gasteiger partial charge is 0.264 e. The van der Waals surface area contributed by atoms with E-state index in [1.807, 2.05) is 6.92 Å². The fourth-order valence-electron chi connectivity index (χ4n) is 3.56. The first-order chi connectivity index (χ1) is 17.1. The molecule has 0 radical (unpaired) electrons. The van der Waals surface area contributed by atoms with E-state index in [1.54, 1.807) is 60.7 Å². The number of anilines is 2. The Balaban J connectivity index is 1.79. The molecule has 9 heteroatoms. The summed E-state index contributed by atoms with van der Waals surface area (Å²) in [5.74, 6) is -1.27. The van der Waals surface area contributed by atoms with Gasteiger partial charge in [-0.1, -0.05) is 69.5 Å². The lowest BCUT2D eigenvalue weighted by atomic mass is 10.1. The standard InChI is InChI=1S/C27H21BrClFN2O3S/c1-18-6-13-22(14-7-18)36(34,35)32(17-19-8-11-21(29)12-9-19)26-5-3-2-4-23(26)27(33)31-25-15-10-20(28)16-24(25)30/h2-16H,17H2,1H3,(H,31,33). The lowest BCUT2D eigenvalue weighted by molar-refractivity contribution is 0.102. The minimum atomic E-state index is -4.08. The van der Waals surface area contributed by atoms with Crippen molar-refractivity contribution in [1.82, 2.24) is 0 Å². The fourth-order valence-corrected chi connectivity index (χ4v) is 5.49. The van der Waals surface area contributed by atoms with Gasteiger partial charge in [-0.25, -0.2) is 12.8 Å². The van der Waals surface area contributed by atoms with Gasteiger partial charge in [0.05, 0.1) is 28.4 Å². The Morgan fingerprint density at radius 1 is 0.972 bits per heavy atom. The van der Waals surface area contributed by atoms with E-state index in [-0.39, 0.29) is 28.4 Å². The number of para-hydroxylation sites is 1. The minimum absolute atomic E-state index is 0.0244. The van der Waals surface area contributed by atoms with Crippen molar-refractivity contribution in [3.05, 3.63) is 123 Å². The predicted molar refractivity (Wildman–Crippen MR) is 144 cm³/mol. The van der Waals surface area contributed by atoms with Crippen molar-refractivity contribution < 1.29 is 17.6 Å². The number of hydrogen-bond acceptors (Lipinski definition) is 3. The highest BCUT2D eigenvalue weighted by Crippen LogP contribution is 2.31. The Morgan fingerprint density at radius 3 is 2.31 bits per heavy atom. The van der Waals surface area contributed by atoms with E-state index >= 15 is 0 Å². The maximum Gasteiger partial charge on any atom is 0.264 e. The van der Waals surface area contributed by atoms with Gasteiger partial charge >= 0.3 is 0 Å². The van der Waals surface area contributed by atoms with Crippen molar-refractivity contribution in [2.45, 2.75) is 18.4 Å². The third kappa shape index (κ3) is 5.78. The molecule has 0 aliphatic heterocycles. The number of hydrogen-bond donors (Lipinski definition) is 1. The maximum absolute atomic E-state index is 14.4. The van der Waals surface area contributed by atoms with Crippen molar-refractivity contribution >= 4 is 54.8 Å². The summed E-state index contributed by atoms with van der Waals surface area (Å²) in [6, 6.07) is 23.8. The van der Waals surface area contributed by atoms with Crippen molar-refractivity contribution in [2.24, 2.45) is 0 Å². The summed E-state index contributed by atoms with van der Waals surface area (Å²) in [7, 11) is -4.08. The second kappa shape index (κ2) is 10.8. The molecule has 0 saturated heterocycles. The van der Waals surface area contributed by atoms with E-state index < -0.39 is 21.7 Å². The van der Waals surface area contributed by atoms with Crippen LogP contribution in [-0.4, -0.2) is 14.3 Å². The van der Waals surface area contributed by atoms with E-state index in [0.717, 1.165) is 5.56 Å². The Bertz CT molecular complexity index is 1510. The van der Waals surface area contributed by atoms with Gasteiger partial charge in [0.15, 0.2) is 0 Å². The Hall–Kier alpha value is -3.20. The molecular formula is C27H21BrClFN2O3S. The zero-order valence-electron chi connectivity index (χ0n) is 19.1. The summed E-state index contributed by atoms with van der Waals surface area (Å²) < 4.78 is 43.8. The lowest BCUT2D eigenvalue weighted by Gasteiger charge is -2.27. The van der Waals surface area contributed by atoms with Crippen molar-refractivity contribution in [2.75, 3.05) is 9.62 Å². The highest BCUT2D eigenvalue weighted by molar-refractivity contribution is 9.10. The second-order valence-corrected chi connectivity index (χ2v) is 11.3. The topological polar surface area (TPSA) is 66.5 Å². The van der Waals surface area contributed by atoms with E-state index in [4.69, 9.17) is 11.6 Å². The van der Waals surface area contributed by atoms with Crippen LogP contribution in [0.4, 0.5) is 15.8 Å². The molecule has 0 aliphatic rings. The fraction of sp³-hybridized carbons (Fsp3) is 0.0741. The van der Waals surface area contributed by atoms with Crippen LogP contribution in [-0.2, 0) is 16.6 Å². The van der Waals surface area contributed by atoms with Crippen molar-refractivity contribution in [1.29, 1.82) is 0 Å². The van der Waals surface area contributed by atoms with Gasteiger partial charge in [-0.2, -0.15) is 0 Å². The van der Waals surface area contributed by atoms with E-state index in [1.165, 1.54) is 34.6 Å². The average molecular weight is 588 g/mol. The van der Waals surface area contributed by atoms with Gasteiger partial charge in [-0.15, -0.1) is 0 Å². The van der Waals surface area contributed by atoms with Gasteiger partial charge in [0.1, 0.15) is 5.82 Å². The number of halogens is 3. The normalized spacial score (nSPS) is 11.2. The number of carbonyl (C=O) groups excluding carboxylic acids is 1. The van der Waals surface area contributed by atoms with Crippen LogP contribution in [0.25, 0.3) is 0 Å². The Morgan fingerprint density at radius 2 is 1.64 bits per heavy atom. The first-order valence-corrected chi connectivity index (χ1v) is 13.5.